The summed E-state index contributed by atoms with van der Waals surface area (Å²) in [6, 6.07) is 19.9. The molecule has 1 amide bonds. The van der Waals surface area contributed by atoms with Crippen molar-refractivity contribution in [2.45, 2.75) is 31.6 Å². The Hall–Kier alpha value is -4.13. The zero-order valence-corrected chi connectivity index (χ0v) is 18.7. The number of carbonyl (C=O) groups is 1. The highest BCUT2D eigenvalue weighted by Crippen LogP contribution is 2.39. The Morgan fingerprint density at radius 2 is 1.79 bits per heavy atom. The lowest BCUT2D eigenvalue weighted by Crippen LogP contribution is -2.27. The summed E-state index contributed by atoms with van der Waals surface area (Å²) in [7, 11) is 0. The summed E-state index contributed by atoms with van der Waals surface area (Å²) >= 11 is 0. The monoisotopic (exact) mass is 450 g/mol. The van der Waals surface area contributed by atoms with E-state index in [1.54, 1.807) is 6.20 Å². The molecule has 7 heteroatoms. The summed E-state index contributed by atoms with van der Waals surface area (Å²) in [5.41, 5.74) is 10.8. The smallest absolute Gasteiger partial charge is 0.227 e. The molecule has 3 heterocycles. The topological polar surface area (TPSA) is 101 Å². The third-order valence-electron chi connectivity index (χ3n) is 6.90. The Labute approximate surface area is 197 Å². The fraction of sp³-hybridized carbons (Fsp3) is 0.222. The van der Waals surface area contributed by atoms with Crippen molar-refractivity contribution in [3.63, 3.8) is 0 Å². The molecule has 3 aromatic heterocycles. The van der Waals surface area contributed by atoms with Crippen molar-refractivity contribution in [2.24, 2.45) is 5.92 Å². The van der Waals surface area contributed by atoms with Gasteiger partial charge < -0.3 is 16.0 Å². The van der Waals surface area contributed by atoms with E-state index < -0.39 is 0 Å². The first-order chi connectivity index (χ1) is 16.7. The second-order valence-corrected chi connectivity index (χ2v) is 9.02. The van der Waals surface area contributed by atoms with E-state index in [0.717, 1.165) is 65.0 Å². The molecule has 0 radical (unpaired) electrons. The number of nitrogens with one attached hydrogen (secondary N) is 2. The molecule has 1 aliphatic carbocycles. The fourth-order valence-corrected chi connectivity index (χ4v) is 5.14. The second-order valence-electron chi connectivity index (χ2n) is 9.02. The lowest BCUT2D eigenvalue weighted by Gasteiger charge is -2.27. The number of nitrogens with two attached hydrogens (primary N) is 1. The van der Waals surface area contributed by atoms with Gasteiger partial charge >= 0.3 is 0 Å². The average molecular weight is 451 g/mol. The zero-order chi connectivity index (χ0) is 23.1. The zero-order valence-electron chi connectivity index (χ0n) is 18.7. The van der Waals surface area contributed by atoms with Gasteiger partial charge in [-0.15, -0.1) is 0 Å². The Balaban J connectivity index is 1.28. The molecule has 0 bridgehead atoms. The van der Waals surface area contributed by atoms with Crippen LogP contribution in [0, 0.1) is 5.92 Å². The van der Waals surface area contributed by atoms with E-state index in [1.165, 1.54) is 0 Å². The lowest BCUT2D eigenvalue weighted by molar-refractivity contribution is -0.120. The third-order valence-corrected chi connectivity index (χ3v) is 6.90. The second kappa shape index (κ2) is 8.33. The van der Waals surface area contributed by atoms with Crippen LogP contribution in [-0.2, 0) is 4.79 Å². The summed E-state index contributed by atoms with van der Waals surface area (Å²) in [4.78, 5) is 25.7. The van der Waals surface area contributed by atoms with Crippen molar-refractivity contribution < 1.29 is 4.79 Å². The molecular formula is C27H26N6O. The summed E-state index contributed by atoms with van der Waals surface area (Å²) < 4.78 is 2.08. The first kappa shape index (κ1) is 20.5. The Morgan fingerprint density at radius 3 is 2.59 bits per heavy atom. The van der Waals surface area contributed by atoms with Gasteiger partial charge in [0, 0.05) is 40.8 Å². The number of nitrogens with zero attached hydrogens (tertiary/aromatic N) is 3. The van der Waals surface area contributed by atoms with E-state index in [2.05, 4.69) is 37.9 Å². The molecule has 1 fully saturated rings. The Morgan fingerprint density at radius 1 is 1.03 bits per heavy atom. The van der Waals surface area contributed by atoms with E-state index in [9.17, 15) is 4.79 Å². The standard InChI is InChI=1S/C27H26N6O/c28-25-24-23(22-16-19-6-4-5-9-21(19)31-22)32-26(33(24)15-14-29-25)17-10-12-18(13-11-17)27(34)30-20-7-2-1-3-8-20/h1-9,14-18,31H,10-13H2,(H2,28,29)(H,30,34). The van der Waals surface area contributed by atoms with Crippen molar-refractivity contribution in [2.75, 3.05) is 11.1 Å². The first-order valence-corrected chi connectivity index (χ1v) is 11.7. The lowest BCUT2D eigenvalue weighted by atomic mass is 9.81. The molecule has 5 aromatic rings. The summed E-state index contributed by atoms with van der Waals surface area (Å²) in [5.74, 6) is 1.83. The van der Waals surface area contributed by atoms with Crippen molar-refractivity contribution in [1.82, 2.24) is 19.4 Å². The van der Waals surface area contributed by atoms with E-state index in [4.69, 9.17) is 10.7 Å². The van der Waals surface area contributed by atoms with E-state index >= 15 is 0 Å². The van der Waals surface area contributed by atoms with Gasteiger partial charge in [0.1, 0.15) is 22.9 Å². The van der Waals surface area contributed by atoms with Gasteiger partial charge in [-0.05, 0) is 49.9 Å². The van der Waals surface area contributed by atoms with Gasteiger partial charge in [-0.25, -0.2) is 9.97 Å². The number of benzene rings is 2. The van der Waals surface area contributed by atoms with Crippen LogP contribution in [0.4, 0.5) is 11.5 Å². The Bertz CT molecular complexity index is 1440. The number of aromatic nitrogens is 4. The first-order valence-electron chi connectivity index (χ1n) is 11.7. The van der Waals surface area contributed by atoms with E-state index in [0.29, 0.717) is 5.82 Å². The quantitative estimate of drug-likeness (QED) is 0.342. The van der Waals surface area contributed by atoms with Gasteiger partial charge in [0.25, 0.3) is 0 Å². The van der Waals surface area contributed by atoms with Crippen LogP contribution in [0.5, 0.6) is 0 Å². The number of hydrogen-bond donors (Lipinski definition) is 3. The van der Waals surface area contributed by atoms with Crippen LogP contribution < -0.4 is 11.1 Å². The number of hydrogen-bond acceptors (Lipinski definition) is 4. The van der Waals surface area contributed by atoms with Gasteiger partial charge in [0.05, 0.1) is 5.69 Å². The van der Waals surface area contributed by atoms with Crippen molar-refractivity contribution in [3.8, 4) is 11.4 Å². The molecule has 0 unspecified atom stereocenters. The van der Waals surface area contributed by atoms with Crippen LogP contribution in [0.2, 0.25) is 0 Å². The molecule has 2 aromatic carbocycles. The van der Waals surface area contributed by atoms with Crippen LogP contribution in [0.15, 0.2) is 73.1 Å². The number of aromatic amines is 1. The molecule has 0 spiro atoms. The molecule has 1 saturated carbocycles. The molecule has 0 saturated heterocycles. The molecule has 170 valence electrons. The minimum Gasteiger partial charge on any atom is -0.382 e. The van der Waals surface area contributed by atoms with Crippen LogP contribution in [-0.4, -0.2) is 25.3 Å². The van der Waals surface area contributed by atoms with Crippen LogP contribution in [0.3, 0.4) is 0 Å². The number of H-pyrrole nitrogens is 1. The minimum atomic E-state index is 0.0163. The van der Waals surface area contributed by atoms with Crippen LogP contribution in [0.25, 0.3) is 27.8 Å². The van der Waals surface area contributed by atoms with Gasteiger partial charge in [-0.3, -0.25) is 9.20 Å². The maximum Gasteiger partial charge on any atom is 0.227 e. The van der Waals surface area contributed by atoms with E-state index in [1.807, 2.05) is 48.7 Å². The minimum absolute atomic E-state index is 0.0163. The number of para-hydroxylation sites is 2. The highest BCUT2D eigenvalue weighted by atomic mass is 16.1. The number of anilines is 2. The predicted octanol–water partition coefficient (Wildman–Crippen LogP) is 5.37. The number of rotatable bonds is 4. The van der Waals surface area contributed by atoms with Gasteiger partial charge in [0.2, 0.25) is 5.91 Å². The summed E-state index contributed by atoms with van der Waals surface area (Å²) in [6.07, 6.45) is 7.14. The van der Waals surface area contributed by atoms with Gasteiger partial charge in [-0.1, -0.05) is 36.4 Å². The molecule has 0 aliphatic heterocycles. The van der Waals surface area contributed by atoms with Crippen LogP contribution in [0.1, 0.15) is 37.4 Å². The largest absolute Gasteiger partial charge is 0.382 e. The summed E-state index contributed by atoms with van der Waals surface area (Å²) in [6.45, 7) is 0. The third kappa shape index (κ3) is 3.59. The highest BCUT2D eigenvalue weighted by molar-refractivity contribution is 5.93. The maximum atomic E-state index is 12.8. The Kier molecular flexibility index (Phi) is 5.02. The molecular weight excluding hydrogens is 424 g/mol. The molecule has 1 aliphatic rings. The normalized spacial score (nSPS) is 18.4. The van der Waals surface area contributed by atoms with Crippen molar-refractivity contribution in [3.05, 3.63) is 78.9 Å². The van der Waals surface area contributed by atoms with Gasteiger partial charge in [0.15, 0.2) is 0 Å². The molecule has 34 heavy (non-hydrogen) atoms. The highest BCUT2D eigenvalue weighted by Gasteiger charge is 2.30. The average Bonchev–Trinajstić information content (AvgIpc) is 3.47. The number of carbonyl (C=O) groups excluding carboxylic acids is 1. The maximum absolute atomic E-state index is 12.8. The number of fused-ring (bicyclic) bond motifs is 2. The van der Waals surface area contributed by atoms with Crippen molar-refractivity contribution in [1.29, 1.82) is 0 Å². The number of imidazole rings is 1. The van der Waals surface area contributed by atoms with E-state index in [-0.39, 0.29) is 17.7 Å². The molecule has 4 N–H and O–H groups in total. The molecule has 0 atom stereocenters. The molecule has 6 rings (SSSR count). The number of amides is 1. The van der Waals surface area contributed by atoms with Crippen LogP contribution >= 0.6 is 0 Å². The predicted molar refractivity (Wildman–Crippen MR) is 134 cm³/mol. The summed E-state index contributed by atoms with van der Waals surface area (Å²) in [5, 5.41) is 4.18. The molecule has 7 nitrogen and oxygen atoms in total. The van der Waals surface area contributed by atoms with Crippen molar-refractivity contribution >= 4 is 33.8 Å². The SMILES string of the molecule is Nc1nccn2c(C3CCC(C(=O)Nc4ccccc4)CC3)nc(-c3cc4ccccc4[nH]3)c12. The fourth-order valence-electron chi connectivity index (χ4n) is 5.14. The number of nitrogen functional groups attached to an aromatic ring is 1. The van der Waals surface area contributed by atoms with Gasteiger partial charge in [-0.2, -0.15) is 0 Å².